The summed E-state index contributed by atoms with van der Waals surface area (Å²) in [6.07, 6.45) is 3.85. The normalized spacial score (nSPS) is 14.4. The van der Waals surface area contributed by atoms with Crippen molar-refractivity contribution in [2.75, 3.05) is 29.1 Å². The number of hydrogen-bond acceptors (Lipinski definition) is 4. The Hall–Kier alpha value is -2.47. The molecule has 0 aromatic heterocycles. The Balaban J connectivity index is 1.57. The molecule has 3 rings (SSSR count). The Morgan fingerprint density at radius 3 is 2.60 bits per heavy atom. The fourth-order valence-electron chi connectivity index (χ4n) is 3.64. The SMILES string of the molecule is CCCC(NC(=O)CSc1ccccc1C)C(=O)Nc1cccc(N2CCCC2)c1. The molecule has 0 saturated carbocycles. The van der Waals surface area contributed by atoms with Crippen molar-refractivity contribution in [2.45, 2.75) is 50.5 Å². The van der Waals surface area contributed by atoms with Gasteiger partial charge < -0.3 is 15.5 Å². The highest BCUT2D eigenvalue weighted by Crippen LogP contribution is 2.24. The monoisotopic (exact) mass is 425 g/mol. The van der Waals surface area contributed by atoms with E-state index in [0.29, 0.717) is 12.2 Å². The van der Waals surface area contributed by atoms with Gasteiger partial charge >= 0.3 is 0 Å². The first-order chi connectivity index (χ1) is 14.6. The highest BCUT2D eigenvalue weighted by atomic mass is 32.2. The van der Waals surface area contributed by atoms with Crippen LogP contribution in [0, 0.1) is 6.92 Å². The Labute approximate surface area is 183 Å². The first kappa shape index (κ1) is 22.2. The summed E-state index contributed by atoms with van der Waals surface area (Å²) in [6.45, 7) is 6.17. The van der Waals surface area contributed by atoms with Gasteiger partial charge in [-0.1, -0.05) is 37.6 Å². The third kappa shape index (κ3) is 6.26. The lowest BCUT2D eigenvalue weighted by Crippen LogP contribution is -2.44. The summed E-state index contributed by atoms with van der Waals surface area (Å²) in [6, 6.07) is 15.4. The number of carbonyl (C=O) groups excluding carboxylic acids is 2. The van der Waals surface area contributed by atoms with Gasteiger partial charge in [0, 0.05) is 29.4 Å². The molecule has 2 amide bonds. The highest BCUT2D eigenvalue weighted by molar-refractivity contribution is 8.00. The highest BCUT2D eigenvalue weighted by Gasteiger charge is 2.21. The van der Waals surface area contributed by atoms with Gasteiger partial charge in [-0.25, -0.2) is 0 Å². The molecule has 0 spiro atoms. The maximum absolute atomic E-state index is 12.9. The van der Waals surface area contributed by atoms with Crippen LogP contribution in [0.25, 0.3) is 0 Å². The predicted octanol–water partition coefficient (Wildman–Crippen LogP) is 4.61. The fourth-order valence-corrected chi connectivity index (χ4v) is 4.48. The van der Waals surface area contributed by atoms with Crippen LogP contribution in [0.3, 0.4) is 0 Å². The lowest BCUT2D eigenvalue weighted by atomic mass is 10.1. The lowest BCUT2D eigenvalue weighted by Gasteiger charge is -2.20. The van der Waals surface area contributed by atoms with Crippen molar-refractivity contribution in [1.29, 1.82) is 0 Å². The molecule has 1 aliphatic rings. The minimum absolute atomic E-state index is 0.123. The van der Waals surface area contributed by atoms with Gasteiger partial charge in [0.25, 0.3) is 0 Å². The molecule has 2 N–H and O–H groups in total. The summed E-state index contributed by atoms with van der Waals surface area (Å²) in [4.78, 5) is 28.8. The Morgan fingerprint density at radius 2 is 1.87 bits per heavy atom. The number of nitrogens with zero attached hydrogens (tertiary/aromatic N) is 1. The largest absolute Gasteiger partial charge is 0.371 e. The van der Waals surface area contributed by atoms with Crippen molar-refractivity contribution in [3.63, 3.8) is 0 Å². The van der Waals surface area contributed by atoms with Gasteiger partial charge in [-0.15, -0.1) is 11.8 Å². The van der Waals surface area contributed by atoms with E-state index in [1.807, 2.05) is 56.3 Å². The summed E-state index contributed by atoms with van der Waals surface area (Å²) < 4.78 is 0. The van der Waals surface area contributed by atoms with Crippen LogP contribution in [-0.2, 0) is 9.59 Å². The van der Waals surface area contributed by atoms with E-state index >= 15 is 0 Å². The summed E-state index contributed by atoms with van der Waals surface area (Å²) in [5, 5.41) is 5.91. The minimum Gasteiger partial charge on any atom is -0.371 e. The summed E-state index contributed by atoms with van der Waals surface area (Å²) in [5.41, 5.74) is 3.06. The summed E-state index contributed by atoms with van der Waals surface area (Å²) in [5.74, 6) is 0.00956. The van der Waals surface area contributed by atoms with Crippen LogP contribution in [-0.4, -0.2) is 36.7 Å². The molecule has 1 atom stereocenters. The molecule has 160 valence electrons. The van der Waals surface area contributed by atoms with Gasteiger partial charge in [0.05, 0.1) is 5.75 Å². The van der Waals surface area contributed by atoms with Gasteiger partial charge in [0.2, 0.25) is 11.8 Å². The third-order valence-electron chi connectivity index (χ3n) is 5.27. The molecule has 0 aliphatic carbocycles. The van der Waals surface area contributed by atoms with E-state index in [2.05, 4.69) is 21.6 Å². The number of anilines is 2. The van der Waals surface area contributed by atoms with Crippen molar-refractivity contribution in [3.05, 3.63) is 54.1 Å². The molecule has 2 aromatic carbocycles. The smallest absolute Gasteiger partial charge is 0.246 e. The van der Waals surface area contributed by atoms with E-state index in [0.717, 1.165) is 41.3 Å². The first-order valence-electron chi connectivity index (χ1n) is 10.7. The van der Waals surface area contributed by atoms with Crippen LogP contribution in [0.4, 0.5) is 11.4 Å². The second kappa shape index (κ2) is 11.1. The second-order valence-electron chi connectivity index (χ2n) is 7.70. The topological polar surface area (TPSA) is 61.4 Å². The number of thioether (sulfide) groups is 1. The van der Waals surface area contributed by atoms with Crippen LogP contribution in [0.5, 0.6) is 0 Å². The molecule has 0 radical (unpaired) electrons. The van der Waals surface area contributed by atoms with E-state index in [1.54, 1.807) is 0 Å². The standard InChI is InChI=1S/C24H31N3O2S/c1-3-9-21(26-23(28)17-30-22-13-5-4-10-18(22)2)24(29)25-19-11-8-12-20(16-19)27-14-6-7-15-27/h4-5,8,10-13,16,21H,3,6-7,9,14-15,17H2,1-2H3,(H,25,29)(H,26,28). The van der Waals surface area contributed by atoms with Crippen molar-refractivity contribution in [2.24, 2.45) is 0 Å². The average molecular weight is 426 g/mol. The van der Waals surface area contributed by atoms with Gasteiger partial charge in [-0.3, -0.25) is 9.59 Å². The molecule has 1 aliphatic heterocycles. The van der Waals surface area contributed by atoms with Gasteiger partial charge in [0.15, 0.2) is 0 Å². The molecular weight excluding hydrogens is 394 g/mol. The number of carbonyl (C=O) groups is 2. The van der Waals surface area contributed by atoms with Crippen LogP contribution >= 0.6 is 11.8 Å². The number of rotatable bonds is 9. The maximum atomic E-state index is 12.9. The van der Waals surface area contributed by atoms with Crippen LogP contribution in [0.15, 0.2) is 53.4 Å². The predicted molar refractivity (Wildman–Crippen MR) is 125 cm³/mol. The molecule has 0 bridgehead atoms. The number of benzene rings is 2. The zero-order valence-electron chi connectivity index (χ0n) is 17.8. The number of aryl methyl sites for hydroxylation is 1. The second-order valence-corrected chi connectivity index (χ2v) is 8.71. The molecule has 1 heterocycles. The van der Waals surface area contributed by atoms with Crippen LogP contribution in [0.2, 0.25) is 0 Å². The molecule has 1 fully saturated rings. The summed E-state index contributed by atoms with van der Waals surface area (Å²) in [7, 11) is 0. The number of nitrogens with one attached hydrogen (secondary N) is 2. The number of hydrogen-bond donors (Lipinski definition) is 2. The lowest BCUT2D eigenvalue weighted by molar-refractivity contribution is -0.125. The van der Waals surface area contributed by atoms with Gasteiger partial charge in [0.1, 0.15) is 6.04 Å². The molecule has 1 unspecified atom stereocenters. The molecule has 30 heavy (non-hydrogen) atoms. The van der Waals surface area contributed by atoms with E-state index in [1.165, 1.54) is 24.6 Å². The minimum atomic E-state index is -0.532. The van der Waals surface area contributed by atoms with E-state index in [4.69, 9.17) is 0 Å². The summed E-state index contributed by atoms with van der Waals surface area (Å²) >= 11 is 1.50. The molecule has 5 nitrogen and oxygen atoms in total. The van der Waals surface area contributed by atoms with Crippen molar-refractivity contribution in [1.82, 2.24) is 5.32 Å². The van der Waals surface area contributed by atoms with Crippen molar-refractivity contribution in [3.8, 4) is 0 Å². The third-order valence-corrected chi connectivity index (χ3v) is 6.44. The molecule has 2 aromatic rings. The average Bonchev–Trinajstić information content (AvgIpc) is 3.28. The van der Waals surface area contributed by atoms with Gasteiger partial charge in [-0.05, 0) is 56.0 Å². The molecular formula is C24H31N3O2S. The Bertz CT molecular complexity index is 865. The zero-order valence-corrected chi connectivity index (χ0v) is 18.6. The Morgan fingerprint density at radius 1 is 1.10 bits per heavy atom. The van der Waals surface area contributed by atoms with Crippen molar-refractivity contribution < 1.29 is 9.59 Å². The van der Waals surface area contributed by atoms with Crippen LogP contribution < -0.4 is 15.5 Å². The molecule has 6 heteroatoms. The first-order valence-corrected chi connectivity index (χ1v) is 11.7. The van der Waals surface area contributed by atoms with Gasteiger partial charge in [-0.2, -0.15) is 0 Å². The van der Waals surface area contributed by atoms with E-state index in [-0.39, 0.29) is 11.8 Å². The maximum Gasteiger partial charge on any atom is 0.246 e. The van der Waals surface area contributed by atoms with E-state index in [9.17, 15) is 9.59 Å². The van der Waals surface area contributed by atoms with Crippen molar-refractivity contribution >= 4 is 35.0 Å². The van der Waals surface area contributed by atoms with Crippen LogP contribution in [0.1, 0.15) is 38.2 Å². The number of amides is 2. The zero-order chi connectivity index (χ0) is 21.3. The fraction of sp³-hybridized carbons (Fsp3) is 0.417. The van der Waals surface area contributed by atoms with E-state index < -0.39 is 6.04 Å². The Kier molecular flexibility index (Phi) is 8.20. The quantitative estimate of drug-likeness (QED) is 0.576. The molecule has 1 saturated heterocycles.